The lowest BCUT2D eigenvalue weighted by atomic mass is 10.1. The molecule has 0 spiro atoms. The van der Waals surface area contributed by atoms with Crippen LogP contribution >= 0.6 is 0 Å². The number of fused-ring (bicyclic) bond motifs is 1. The molecule has 0 amide bonds. The molecule has 3 rings (SSSR count). The Labute approximate surface area is 120 Å². The monoisotopic (exact) mass is 270 g/mol. The number of hydrogen-bond acceptors (Lipinski definition) is 3. The molecule has 1 aromatic carbocycles. The molecule has 4 heteroatoms. The number of benzene rings is 1. The van der Waals surface area contributed by atoms with E-state index < -0.39 is 0 Å². The summed E-state index contributed by atoms with van der Waals surface area (Å²) in [5.74, 6) is 0. The molecule has 0 fully saturated rings. The molecule has 0 radical (unpaired) electrons. The Bertz CT molecular complexity index is 574. The van der Waals surface area contributed by atoms with Crippen molar-refractivity contribution in [2.24, 2.45) is 5.73 Å². The highest BCUT2D eigenvalue weighted by Crippen LogP contribution is 2.23. The van der Waals surface area contributed by atoms with Crippen molar-refractivity contribution < 1.29 is 0 Å². The van der Waals surface area contributed by atoms with E-state index in [-0.39, 0.29) is 0 Å². The van der Waals surface area contributed by atoms with Gasteiger partial charge in [-0.25, -0.2) is 4.68 Å². The second kappa shape index (κ2) is 6.18. The Morgan fingerprint density at radius 3 is 2.95 bits per heavy atom. The molecule has 0 saturated heterocycles. The van der Waals surface area contributed by atoms with Crippen LogP contribution in [0.1, 0.15) is 41.6 Å². The quantitative estimate of drug-likeness (QED) is 0.818. The van der Waals surface area contributed by atoms with Crippen molar-refractivity contribution in [2.45, 2.75) is 45.1 Å². The Kier molecular flexibility index (Phi) is 4.11. The van der Waals surface area contributed by atoms with Crippen molar-refractivity contribution in [3.63, 3.8) is 0 Å². The molecule has 0 saturated carbocycles. The zero-order chi connectivity index (χ0) is 13.8. The summed E-state index contributed by atoms with van der Waals surface area (Å²) in [5.41, 5.74) is 10.9. The summed E-state index contributed by atoms with van der Waals surface area (Å²) >= 11 is 0. The van der Waals surface area contributed by atoms with Gasteiger partial charge in [-0.05, 0) is 61.8 Å². The van der Waals surface area contributed by atoms with Crippen LogP contribution in [0.2, 0.25) is 0 Å². The van der Waals surface area contributed by atoms with Gasteiger partial charge < -0.3 is 5.73 Å². The van der Waals surface area contributed by atoms with Crippen LogP contribution in [0, 0.1) is 0 Å². The number of nitrogens with two attached hydrogens (primary N) is 1. The molecule has 2 N–H and O–H groups in total. The van der Waals surface area contributed by atoms with E-state index in [1.54, 1.807) is 0 Å². The largest absolute Gasteiger partial charge is 0.330 e. The fraction of sp³-hybridized carbons (Fsp3) is 0.500. The molecule has 20 heavy (non-hydrogen) atoms. The van der Waals surface area contributed by atoms with Gasteiger partial charge in [-0.2, -0.15) is 0 Å². The van der Waals surface area contributed by atoms with E-state index in [4.69, 9.17) is 5.73 Å². The van der Waals surface area contributed by atoms with Crippen LogP contribution in [0.3, 0.4) is 0 Å². The number of rotatable bonds is 6. The maximum atomic E-state index is 5.50. The smallest absolute Gasteiger partial charge is 0.0827 e. The van der Waals surface area contributed by atoms with Crippen molar-refractivity contribution in [2.75, 3.05) is 6.54 Å². The minimum atomic E-state index is 0.753. The molecule has 106 valence electrons. The van der Waals surface area contributed by atoms with Gasteiger partial charge in [0.25, 0.3) is 0 Å². The zero-order valence-corrected chi connectivity index (χ0v) is 11.9. The standard InChI is InChI=1S/C16H22N4/c17-9-2-1-6-16-12-20(19-18-16)11-13-7-8-14-4-3-5-15(14)10-13/h7-8,10,12H,1-6,9,11,17H2. The third-order valence-corrected chi connectivity index (χ3v) is 3.98. The summed E-state index contributed by atoms with van der Waals surface area (Å²) in [6, 6.07) is 6.83. The van der Waals surface area contributed by atoms with Gasteiger partial charge in [0, 0.05) is 6.20 Å². The first-order valence-electron chi connectivity index (χ1n) is 7.55. The van der Waals surface area contributed by atoms with Gasteiger partial charge in [0.15, 0.2) is 0 Å². The molecule has 1 heterocycles. The lowest BCUT2D eigenvalue weighted by Crippen LogP contribution is -2.01. The highest BCUT2D eigenvalue weighted by atomic mass is 15.4. The minimum Gasteiger partial charge on any atom is -0.330 e. The predicted octanol–water partition coefficient (Wildman–Crippen LogP) is 2.10. The molecule has 0 aliphatic heterocycles. The van der Waals surface area contributed by atoms with Gasteiger partial charge in [0.05, 0.1) is 12.2 Å². The molecule has 0 unspecified atom stereocenters. The van der Waals surface area contributed by atoms with E-state index in [0.29, 0.717) is 0 Å². The first-order chi connectivity index (χ1) is 9.85. The summed E-state index contributed by atoms with van der Waals surface area (Å²) < 4.78 is 1.94. The second-order valence-corrected chi connectivity index (χ2v) is 5.61. The SMILES string of the molecule is NCCCCc1cn(Cc2ccc3c(c2)CCC3)nn1. The fourth-order valence-corrected chi connectivity index (χ4v) is 2.89. The molecule has 0 atom stereocenters. The van der Waals surface area contributed by atoms with E-state index >= 15 is 0 Å². The number of aromatic nitrogens is 3. The molecule has 2 aromatic rings. The molecule has 4 nitrogen and oxygen atoms in total. The molecular weight excluding hydrogens is 248 g/mol. The normalized spacial score (nSPS) is 13.7. The van der Waals surface area contributed by atoms with Crippen molar-refractivity contribution >= 4 is 0 Å². The van der Waals surface area contributed by atoms with E-state index in [2.05, 4.69) is 34.7 Å². The van der Waals surface area contributed by atoms with Crippen molar-refractivity contribution in [1.29, 1.82) is 0 Å². The lowest BCUT2D eigenvalue weighted by molar-refractivity contribution is 0.648. The van der Waals surface area contributed by atoms with Gasteiger partial charge in [-0.15, -0.1) is 5.10 Å². The average molecular weight is 270 g/mol. The van der Waals surface area contributed by atoms with Crippen LogP contribution in [0.4, 0.5) is 0 Å². The summed E-state index contributed by atoms with van der Waals surface area (Å²) in [6.07, 6.45) is 8.94. The summed E-state index contributed by atoms with van der Waals surface area (Å²) in [4.78, 5) is 0. The van der Waals surface area contributed by atoms with Crippen LogP contribution in [0.25, 0.3) is 0 Å². The van der Waals surface area contributed by atoms with Gasteiger partial charge >= 0.3 is 0 Å². The van der Waals surface area contributed by atoms with Gasteiger partial charge in [0.1, 0.15) is 0 Å². The Morgan fingerprint density at radius 1 is 1.15 bits per heavy atom. The Hall–Kier alpha value is -1.68. The van der Waals surface area contributed by atoms with Crippen LogP contribution in [0.5, 0.6) is 0 Å². The highest BCUT2D eigenvalue weighted by molar-refractivity contribution is 5.35. The van der Waals surface area contributed by atoms with Crippen LogP contribution < -0.4 is 5.73 Å². The first kappa shape index (κ1) is 13.3. The van der Waals surface area contributed by atoms with Gasteiger partial charge in [0.2, 0.25) is 0 Å². The third kappa shape index (κ3) is 3.07. The van der Waals surface area contributed by atoms with E-state index in [1.165, 1.54) is 36.0 Å². The Morgan fingerprint density at radius 2 is 2.05 bits per heavy atom. The number of aryl methyl sites for hydroxylation is 3. The lowest BCUT2D eigenvalue weighted by Gasteiger charge is -2.04. The first-order valence-corrected chi connectivity index (χ1v) is 7.55. The van der Waals surface area contributed by atoms with Crippen LogP contribution in [0.15, 0.2) is 24.4 Å². The molecular formula is C16H22N4. The highest BCUT2D eigenvalue weighted by Gasteiger charge is 2.11. The van der Waals surface area contributed by atoms with Crippen molar-refractivity contribution in [1.82, 2.24) is 15.0 Å². The Balaban J connectivity index is 1.63. The van der Waals surface area contributed by atoms with Crippen molar-refractivity contribution in [3.05, 3.63) is 46.8 Å². The minimum absolute atomic E-state index is 0.753. The molecule has 1 aliphatic carbocycles. The maximum Gasteiger partial charge on any atom is 0.0827 e. The number of nitrogens with zero attached hydrogens (tertiary/aromatic N) is 3. The maximum absolute atomic E-state index is 5.50. The zero-order valence-electron chi connectivity index (χ0n) is 11.9. The van der Waals surface area contributed by atoms with Crippen LogP contribution in [-0.4, -0.2) is 21.5 Å². The molecule has 1 aromatic heterocycles. The van der Waals surface area contributed by atoms with Gasteiger partial charge in [-0.1, -0.05) is 23.4 Å². The van der Waals surface area contributed by atoms with E-state index in [9.17, 15) is 0 Å². The molecule has 0 bridgehead atoms. The topological polar surface area (TPSA) is 56.7 Å². The summed E-state index contributed by atoms with van der Waals surface area (Å²) in [5, 5.41) is 8.45. The molecule has 1 aliphatic rings. The van der Waals surface area contributed by atoms with Crippen LogP contribution in [-0.2, 0) is 25.8 Å². The van der Waals surface area contributed by atoms with Crippen molar-refractivity contribution in [3.8, 4) is 0 Å². The number of unbranched alkanes of at least 4 members (excludes halogenated alkanes) is 1. The second-order valence-electron chi connectivity index (χ2n) is 5.61. The van der Waals surface area contributed by atoms with E-state index in [1.807, 2.05) is 4.68 Å². The number of hydrogen-bond donors (Lipinski definition) is 1. The van der Waals surface area contributed by atoms with E-state index in [0.717, 1.165) is 38.0 Å². The summed E-state index contributed by atoms with van der Waals surface area (Å²) in [7, 11) is 0. The predicted molar refractivity (Wildman–Crippen MR) is 79.6 cm³/mol. The van der Waals surface area contributed by atoms with Gasteiger partial charge in [-0.3, -0.25) is 0 Å². The third-order valence-electron chi connectivity index (χ3n) is 3.98. The fourth-order valence-electron chi connectivity index (χ4n) is 2.89. The summed E-state index contributed by atoms with van der Waals surface area (Å²) in [6.45, 7) is 1.57. The average Bonchev–Trinajstić information content (AvgIpc) is 3.08.